The first-order valence-corrected chi connectivity index (χ1v) is 8.10. The molecule has 0 bridgehead atoms. The fourth-order valence-electron chi connectivity index (χ4n) is 2.89. The summed E-state index contributed by atoms with van der Waals surface area (Å²) < 4.78 is 5.45. The maximum absolute atomic E-state index is 12.4. The highest BCUT2D eigenvalue weighted by Gasteiger charge is 2.27. The minimum atomic E-state index is -0.0516. The van der Waals surface area contributed by atoms with Gasteiger partial charge in [0.05, 0.1) is 17.9 Å². The number of nitrogens with zero attached hydrogens (tertiary/aromatic N) is 2. The van der Waals surface area contributed by atoms with Crippen molar-refractivity contribution in [2.75, 3.05) is 0 Å². The van der Waals surface area contributed by atoms with Crippen molar-refractivity contribution >= 4 is 5.91 Å². The van der Waals surface area contributed by atoms with Crippen LogP contribution in [0.2, 0.25) is 0 Å². The van der Waals surface area contributed by atoms with E-state index in [1.165, 1.54) is 0 Å². The molecular weight excluding hydrogens is 292 g/mol. The summed E-state index contributed by atoms with van der Waals surface area (Å²) in [6.45, 7) is 8.53. The monoisotopic (exact) mass is 316 g/mol. The van der Waals surface area contributed by atoms with Crippen LogP contribution in [0.4, 0.5) is 0 Å². The summed E-state index contributed by atoms with van der Waals surface area (Å²) in [5, 5.41) is 2.94. The van der Waals surface area contributed by atoms with Crippen molar-refractivity contribution in [3.8, 4) is 0 Å². The minimum absolute atomic E-state index is 0.0144. The largest absolute Gasteiger partial charge is 0.447 e. The molecule has 0 aliphatic heterocycles. The van der Waals surface area contributed by atoms with Gasteiger partial charge in [-0.3, -0.25) is 4.79 Å². The van der Waals surface area contributed by atoms with Crippen LogP contribution in [0.3, 0.4) is 0 Å². The number of H-pyrrole nitrogens is 1. The Hall–Kier alpha value is -2.11. The average molecular weight is 316 g/mol. The van der Waals surface area contributed by atoms with Crippen LogP contribution in [0.1, 0.15) is 56.0 Å². The lowest BCUT2D eigenvalue weighted by Crippen LogP contribution is -2.33. The Kier molecular flexibility index (Phi) is 4.00. The van der Waals surface area contributed by atoms with Crippen molar-refractivity contribution in [1.82, 2.24) is 20.3 Å². The highest BCUT2D eigenvalue weighted by Crippen LogP contribution is 2.24. The minimum Gasteiger partial charge on any atom is -0.447 e. The molecule has 0 radical (unpaired) electrons. The van der Waals surface area contributed by atoms with Crippen LogP contribution >= 0.6 is 0 Å². The van der Waals surface area contributed by atoms with E-state index in [-0.39, 0.29) is 17.2 Å². The highest BCUT2D eigenvalue weighted by molar-refractivity contribution is 5.79. The SMILES string of the molecule is Cc1nc2c([nH]1)CC(C(=O)NCc1nc(C(C)(C)C)co1)CC2. The predicted molar refractivity (Wildman–Crippen MR) is 85.9 cm³/mol. The Morgan fingerprint density at radius 2 is 2.22 bits per heavy atom. The first-order chi connectivity index (χ1) is 10.8. The molecule has 0 spiro atoms. The Bertz CT molecular complexity index is 708. The van der Waals surface area contributed by atoms with E-state index < -0.39 is 0 Å². The molecule has 2 aromatic heterocycles. The molecule has 23 heavy (non-hydrogen) atoms. The van der Waals surface area contributed by atoms with Gasteiger partial charge in [0.1, 0.15) is 12.1 Å². The molecule has 2 heterocycles. The van der Waals surface area contributed by atoms with Crippen LogP contribution in [0.5, 0.6) is 0 Å². The molecule has 3 rings (SSSR count). The van der Waals surface area contributed by atoms with Crippen LogP contribution in [-0.4, -0.2) is 20.9 Å². The van der Waals surface area contributed by atoms with Crippen LogP contribution in [0, 0.1) is 12.8 Å². The number of carbonyl (C=O) groups is 1. The summed E-state index contributed by atoms with van der Waals surface area (Å²) in [7, 11) is 0. The molecular formula is C17H24N4O2. The molecule has 2 aromatic rings. The third-order valence-electron chi connectivity index (χ3n) is 4.27. The third kappa shape index (κ3) is 3.46. The molecule has 1 aliphatic rings. The zero-order valence-electron chi connectivity index (χ0n) is 14.2. The number of aromatic amines is 1. The molecule has 1 unspecified atom stereocenters. The number of fused-ring (bicyclic) bond motifs is 1. The van der Waals surface area contributed by atoms with Crippen molar-refractivity contribution in [3.05, 3.63) is 35.1 Å². The molecule has 0 saturated carbocycles. The van der Waals surface area contributed by atoms with Gasteiger partial charge in [-0.1, -0.05) is 20.8 Å². The van der Waals surface area contributed by atoms with Gasteiger partial charge >= 0.3 is 0 Å². The van der Waals surface area contributed by atoms with Gasteiger partial charge in [0.2, 0.25) is 11.8 Å². The number of carbonyl (C=O) groups excluding carboxylic acids is 1. The van der Waals surface area contributed by atoms with Gasteiger partial charge in [-0.25, -0.2) is 9.97 Å². The van der Waals surface area contributed by atoms with Crippen LogP contribution in [0.15, 0.2) is 10.7 Å². The maximum atomic E-state index is 12.4. The Morgan fingerprint density at radius 3 is 2.91 bits per heavy atom. The van der Waals surface area contributed by atoms with E-state index in [0.29, 0.717) is 12.4 Å². The molecule has 0 fully saturated rings. The van der Waals surface area contributed by atoms with E-state index in [1.807, 2.05) is 6.92 Å². The smallest absolute Gasteiger partial charge is 0.223 e. The average Bonchev–Trinajstić information content (AvgIpc) is 3.08. The summed E-state index contributed by atoms with van der Waals surface area (Å²) in [6, 6.07) is 0. The normalized spacial score (nSPS) is 17.8. The first-order valence-electron chi connectivity index (χ1n) is 8.10. The van der Waals surface area contributed by atoms with E-state index in [4.69, 9.17) is 4.42 Å². The van der Waals surface area contributed by atoms with Gasteiger partial charge in [0.25, 0.3) is 0 Å². The lowest BCUT2D eigenvalue weighted by Gasteiger charge is -2.20. The second kappa shape index (κ2) is 5.83. The van der Waals surface area contributed by atoms with Crippen molar-refractivity contribution in [2.24, 2.45) is 5.92 Å². The van der Waals surface area contributed by atoms with E-state index in [0.717, 1.165) is 42.2 Å². The number of rotatable bonds is 3. The van der Waals surface area contributed by atoms with Crippen molar-refractivity contribution in [3.63, 3.8) is 0 Å². The maximum Gasteiger partial charge on any atom is 0.223 e. The molecule has 2 N–H and O–H groups in total. The van der Waals surface area contributed by atoms with Crippen LogP contribution in [-0.2, 0) is 29.6 Å². The standard InChI is InChI=1S/C17H24N4O2/c1-10-19-12-6-5-11(7-13(12)20-10)16(22)18-8-15-21-14(9-23-15)17(2,3)4/h9,11H,5-8H2,1-4H3,(H,18,22)(H,19,20). The van der Waals surface area contributed by atoms with Crippen molar-refractivity contribution < 1.29 is 9.21 Å². The summed E-state index contributed by atoms with van der Waals surface area (Å²) in [4.78, 5) is 24.5. The summed E-state index contributed by atoms with van der Waals surface area (Å²) in [6.07, 6.45) is 4.08. The van der Waals surface area contributed by atoms with E-state index >= 15 is 0 Å². The van der Waals surface area contributed by atoms with Gasteiger partial charge in [-0.2, -0.15) is 0 Å². The molecule has 0 saturated heterocycles. The second-order valence-electron chi connectivity index (χ2n) is 7.28. The summed E-state index contributed by atoms with van der Waals surface area (Å²) in [5.41, 5.74) is 3.05. The number of nitrogens with one attached hydrogen (secondary N) is 2. The molecule has 6 heteroatoms. The molecule has 0 aromatic carbocycles. The second-order valence-corrected chi connectivity index (χ2v) is 7.28. The Morgan fingerprint density at radius 1 is 1.43 bits per heavy atom. The van der Waals surface area contributed by atoms with E-state index in [1.54, 1.807) is 6.26 Å². The fraction of sp³-hybridized carbons (Fsp3) is 0.588. The number of aryl methyl sites for hydroxylation is 2. The number of hydrogen-bond acceptors (Lipinski definition) is 4. The topological polar surface area (TPSA) is 83.8 Å². The fourth-order valence-corrected chi connectivity index (χ4v) is 2.89. The van der Waals surface area contributed by atoms with Crippen LogP contribution < -0.4 is 5.32 Å². The van der Waals surface area contributed by atoms with Crippen molar-refractivity contribution in [2.45, 2.75) is 58.9 Å². The van der Waals surface area contributed by atoms with Gasteiger partial charge in [-0.05, 0) is 19.8 Å². The highest BCUT2D eigenvalue weighted by atomic mass is 16.3. The first kappa shape index (κ1) is 15.8. The van der Waals surface area contributed by atoms with Crippen LogP contribution in [0.25, 0.3) is 0 Å². The van der Waals surface area contributed by atoms with Gasteiger partial charge in [-0.15, -0.1) is 0 Å². The van der Waals surface area contributed by atoms with Gasteiger partial charge in [0.15, 0.2) is 0 Å². The Labute approximate surface area is 136 Å². The number of imidazole rings is 1. The number of hydrogen-bond donors (Lipinski definition) is 2. The lowest BCUT2D eigenvalue weighted by molar-refractivity contribution is -0.125. The third-order valence-corrected chi connectivity index (χ3v) is 4.27. The van der Waals surface area contributed by atoms with Gasteiger partial charge in [0, 0.05) is 23.4 Å². The molecule has 124 valence electrons. The molecule has 1 atom stereocenters. The predicted octanol–water partition coefficient (Wildman–Crippen LogP) is 2.42. The van der Waals surface area contributed by atoms with E-state index in [2.05, 4.69) is 41.0 Å². The molecule has 6 nitrogen and oxygen atoms in total. The summed E-state index contributed by atoms with van der Waals surface area (Å²) in [5.74, 6) is 1.51. The lowest BCUT2D eigenvalue weighted by atomic mass is 9.89. The van der Waals surface area contributed by atoms with E-state index in [9.17, 15) is 4.79 Å². The van der Waals surface area contributed by atoms with Gasteiger partial charge < -0.3 is 14.7 Å². The molecule has 1 aliphatic carbocycles. The molecule has 1 amide bonds. The number of amides is 1. The summed E-state index contributed by atoms with van der Waals surface area (Å²) >= 11 is 0. The number of oxazole rings is 1. The van der Waals surface area contributed by atoms with Crippen molar-refractivity contribution in [1.29, 1.82) is 0 Å². The zero-order chi connectivity index (χ0) is 16.6. The Balaban J connectivity index is 1.57. The quantitative estimate of drug-likeness (QED) is 0.911. The number of aromatic nitrogens is 3. The zero-order valence-corrected chi connectivity index (χ0v) is 14.2.